The number of hydrogen-bond acceptors (Lipinski definition) is 6. The van der Waals surface area contributed by atoms with Gasteiger partial charge >= 0.3 is 0 Å². The van der Waals surface area contributed by atoms with Gasteiger partial charge in [-0.3, -0.25) is 0 Å². The Morgan fingerprint density at radius 2 is 1.89 bits per heavy atom. The van der Waals surface area contributed by atoms with Gasteiger partial charge in [0.05, 0.1) is 7.11 Å². The predicted octanol–water partition coefficient (Wildman–Crippen LogP) is 3.94. The van der Waals surface area contributed by atoms with Gasteiger partial charge in [0.25, 0.3) is 0 Å². The molecule has 0 atom stereocenters. The van der Waals surface area contributed by atoms with Gasteiger partial charge in [-0.2, -0.15) is 5.10 Å². The fourth-order valence-corrected chi connectivity index (χ4v) is 2.92. The largest absolute Gasteiger partial charge is 0.494 e. The summed E-state index contributed by atoms with van der Waals surface area (Å²) < 4.78 is 19.2. The molecule has 0 bridgehead atoms. The van der Waals surface area contributed by atoms with E-state index in [0.717, 1.165) is 16.5 Å². The molecule has 27 heavy (non-hydrogen) atoms. The van der Waals surface area contributed by atoms with E-state index in [9.17, 15) is 4.39 Å². The predicted molar refractivity (Wildman–Crippen MR) is 102 cm³/mol. The van der Waals surface area contributed by atoms with Gasteiger partial charge in [-0.15, -0.1) is 5.10 Å². The summed E-state index contributed by atoms with van der Waals surface area (Å²) in [6, 6.07) is 13.7. The summed E-state index contributed by atoms with van der Waals surface area (Å²) >= 11 is 0. The zero-order valence-electron chi connectivity index (χ0n) is 14.8. The van der Waals surface area contributed by atoms with Crippen molar-refractivity contribution in [2.24, 2.45) is 0 Å². The molecule has 6 nitrogen and oxygen atoms in total. The molecular formula is C20H16FN5O. The van der Waals surface area contributed by atoms with E-state index in [1.165, 1.54) is 12.1 Å². The zero-order valence-corrected chi connectivity index (χ0v) is 14.8. The molecule has 0 aliphatic heterocycles. The van der Waals surface area contributed by atoms with Crippen LogP contribution in [-0.4, -0.2) is 34.3 Å². The first-order chi connectivity index (χ1) is 13.2. The molecule has 0 saturated carbocycles. The third-order valence-electron chi connectivity index (χ3n) is 4.18. The van der Waals surface area contributed by atoms with Gasteiger partial charge in [-0.25, -0.2) is 14.4 Å². The van der Waals surface area contributed by atoms with Crippen molar-refractivity contribution >= 4 is 16.7 Å². The normalized spacial score (nSPS) is 10.8. The molecule has 0 amide bonds. The van der Waals surface area contributed by atoms with E-state index in [1.807, 2.05) is 18.2 Å². The first-order valence-corrected chi connectivity index (χ1v) is 8.31. The van der Waals surface area contributed by atoms with Crippen molar-refractivity contribution in [3.05, 3.63) is 60.5 Å². The molecule has 2 heterocycles. The Balaban J connectivity index is 1.98. The molecule has 0 fully saturated rings. The number of fused-ring (bicyclic) bond motifs is 1. The van der Waals surface area contributed by atoms with Crippen LogP contribution in [0.1, 0.15) is 0 Å². The van der Waals surface area contributed by atoms with Crippen molar-refractivity contribution in [2.45, 2.75) is 0 Å². The zero-order chi connectivity index (χ0) is 18.8. The van der Waals surface area contributed by atoms with Gasteiger partial charge < -0.3 is 10.1 Å². The minimum atomic E-state index is -0.297. The van der Waals surface area contributed by atoms with E-state index in [4.69, 9.17) is 4.74 Å². The third-order valence-corrected chi connectivity index (χ3v) is 4.18. The number of halogens is 1. The Morgan fingerprint density at radius 1 is 1.00 bits per heavy atom. The topological polar surface area (TPSA) is 72.8 Å². The van der Waals surface area contributed by atoms with Crippen molar-refractivity contribution in [3.8, 4) is 28.4 Å². The number of nitrogens with one attached hydrogen (secondary N) is 1. The molecule has 134 valence electrons. The van der Waals surface area contributed by atoms with Gasteiger partial charge in [-0.1, -0.05) is 12.1 Å². The van der Waals surface area contributed by atoms with Crippen LogP contribution in [0.15, 0.2) is 54.7 Å². The van der Waals surface area contributed by atoms with E-state index < -0.39 is 0 Å². The van der Waals surface area contributed by atoms with Crippen LogP contribution in [0.2, 0.25) is 0 Å². The van der Waals surface area contributed by atoms with Crippen LogP contribution in [0.4, 0.5) is 10.2 Å². The van der Waals surface area contributed by atoms with Crippen molar-refractivity contribution in [1.82, 2.24) is 20.2 Å². The highest BCUT2D eigenvalue weighted by Crippen LogP contribution is 2.35. The Kier molecular flexibility index (Phi) is 4.33. The average molecular weight is 361 g/mol. The van der Waals surface area contributed by atoms with E-state index in [1.54, 1.807) is 38.6 Å². The number of methoxy groups -OCH3 is 1. The lowest BCUT2D eigenvalue weighted by molar-refractivity contribution is 0.419. The lowest BCUT2D eigenvalue weighted by Gasteiger charge is -2.13. The molecule has 4 rings (SSSR count). The number of nitrogens with zero attached hydrogens (tertiary/aromatic N) is 4. The monoisotopic (exact) mass is 361 g/mol. The van der Waals surface area contributed by atoms with E-state index >= 15 is 0 Å². The summed E-state index contributed by atoms with van der Waals surface area (Å²) in [6.07, 6.45) is 1.59. The molecular weight excluding hydrogens is 345 g/mol. The maximum atomic E-state index is 13.7. The number of hydrogen-bond donors (Lipinski definition) is 1. The molecule has 2 aromatic heterocycles. The molecule has 0 unspecified atom stereocenters. The molecule has 7 heteroatoms. The Morgan fingerprint density at radius 3 is 2.59 bits per heavy atom. The second-order valence-electron chi connectivity index (χ2n) is 5.84. The Bertz CT molecular complexity index is 1120. The third kappa shape index (κ3) is 3.15. The van der Waals surface area contributed by atoms with Crippen LogP contribution >= 0.6 is 0 Å². The minimum absolute atomic E-state index is 0.297. The van der Waals surface area contributed by atoms with E-state index in [2.05, 4.69) is 25.5 Å². The average Bonchev–Trinajstić information content (AvgIpc) is 2.72. The first-order valence-electron chi connectivity index (χ1n) is 8.31. The van der Waals surface area contributed by atoms with Crippen LogP contribution in [0.3, 0.4) is 0 Å². The SMILES string of the molecule is CNc1nc(-c2cccnn2)nc2c(OC)cc(-c3cccc(F)c3)cc12. The quantitative estimate of drug-likeness (QED) is 0.593. The highest BCUT2D eigenvalue weighted by atomic mass is 19.1. The number of anilines is 1. The van der Waals surface area contributed by atoms with Crippen LogP contribution in [0.25, 0.3) is 33.5 Å². The highest BCUT2D eigenvalue weighted by Gasteiger charge is 2.15. The molecule has 0 spiro atoms. The van der Waals surface area contributed by atoms with Gasteiger partial charge in [-0.05, 0) is 47.5 Å². The number of benzene rings is 2. The van der Waals surface area contributed by atoms with Crippen LogP contribution < -0.4 is 10.1 Å². The summed E-state index contributed by atoms with van der Waals surface area (Å²) in [5.74, 6) is 1.33. The second-order valence-corrected chi connectivity index (χ2v) is 5.84. The van der Waals surface area contributed by atoms with Crippen LogP contribution in [0.5, 0.6) is 5.75 Å². The molecule has 0 saturated heterocycles. The van der Waals surface area contributed by atoms with Gasteiger partial charge in [0.15, 0.2) is 5.82 Å². The summed E-state index contributed by atoms with van der Waals surface area (Å²) in [5, 5.41) is 11.8. The number of aromatic nitrogens is 4. The summed E-state index contributed by atoms with van der Waals surface area (Å²) in [7, 11) is 3.36. The van der Waals surface area contributed by atoms with Crippen LogP contribution in [-0.2, 0) is 0 Å². The summed E-state index contributed by atoms with van der Waals surface area (Å²) in [6.45, 7) is 0. The smallest absolute Gasteiger partial charge is 0.182 e. The van der Waals surface area contributed by atoms with Gasteiger partial charge in [0.2, 0.25) is 0 Å². The standard InChI is InChI=1S/C20H16FN5O/c1-22-19-15-10-13(12-5-3-6-14(21)9-12)11-17(27-2)18(15)24-20(25-19)16-7-4-8-23-26-16/h3-11H,1-2H3,(H,22,24,25). The number of rotatable bonds is 4. The van der Waals surface area contributed by atoms with Crippen LogP contribution in [0, 0.1) is 5.82 Å². The first kappa shape index (κ1) is 16.8. The van der Waals surface area contributed by atoms with Gasteiger partial charge in [0, 0.05) is 18.6 Å². The maximum Gasteiger partial charge on any atom is 0.182 e. The lowest BCUT2D eigenvalue weighted by Crippen LogP contribution is -2.02. The highest BCUT2D eigenvalue weighted by molar-refractivity contribution is 5.97. The summed E-state index contributed by atoms with van der Waals surface area (Å²) in [5.41, 5.74) is 2.76. The minimum Gasteiger partial charge on any atom is -0.494 e. The van der Waals surface area contributed by atoms with E-state index in [0.29, 0.717) is 28.6 Å². The Hall–Kier alpha value is -3.61. The molecule has 0 radical (unpaired) electrons. The second kappa shape index (κ2) is 6.95. The lowest BCUT2D eigenvalue weighted by atomic mass is 10.0. The van der Waals surface area contributed by atoms with Gasteiger partial charge in [0.1, 0.15) is 28.6 Å². The van der Waals surface area contributed by atoms with Crippen molar-refractivity contribution in [3.63, 3.8) is 0 Å². The fraction of sp³-hybridized carbons (Fsp3) is 0.100. The molecule has 0 aliphatic carbocycles. The van der Waals surface area contributed by atoms with Crippen molar-refractivity contribution < 1.29 is 9.13 Å². The summed E-state index contributed by atoms with van der Waals surface area (Å²) in [4.78, 5) is 9.19. The maximum absolute atomic E-state index is 13.7. The van der Waals surface area contributed by atoms with E-state index in [-0.39, 0.29) is 5.82 Å². The van der Waals surface area contributed by atoms with Crippen molar-refractivity contribution in [1.29, 1.82) is 0 Å². The molecule has 0 aliphatic rings. The molecule has 4 aromatic rings. The fourth-order valence-electron chi connectivity index (χ4n) is 2.92. The Labute approximate surface area is 155 Å². The van der Waals surface area contributed by atoms with Crippen molar-refractivity contribution in [2.75, 3.05) is 19.5 Å². The molecule has 2 aromatic carbocycles. The molecule has 1 N–H and O–H groups in total. The number of ether oxygens (including phenoxy) is 1.